The minimum absolute atomic E-state index is 0.130. The average molecular weight is 345 g/mol. The first-order valence-corrected chi connectivity index (χ1v) is 8.19. The Kier molecular flexibility index (Phi) is 5.01. The van der Waals surface area contributed by atoms with Crippen molar-refractivity contribution in [1.29, 1.82) is 0 Å². The molecule has 0 saturated heterocycles. The predicted octanol–water partition coefficient (Wildman–Crippen LogP) is 0.863. The van der Waals surface area contributed by atoms with Crippen LogP contribution in [-0.2, 0) is 19.6 Å². The molecule has 0 unspecified atom stereocenters. The van der Waals surface area contributed by atoms with E-state index in [1.807, 2.05) is 10.7 Å². The Bertz CT molecular complexity index is 744. The summed E-state index contributed by atoms with van der Waals surface area (Å²) in [6.07, 6.45) is 4.23. The average Bonchev–Trinajstić information content (AvgIpc) is 2.89. The maximum absolute atomic E-state index is 11.7. The highest BCUT2D eigenvalue weighted by Crippen LogP contribution is 2.26. The maximum atomic E-state index is 11.7. The molecule has 0 fully saturated rings. The number of fused-ring (bicyclic) bond motifs is 1. The van der Waals surface area contributed by atoms with Gasteiger partial charge in [0.25, 0.3) is 5.88 Å². The number of carbonyl (C=O) groups is 1. The van der Waals surface area contributed by atoms with Gasteiger partial charge in [-0.2, -0.15) is 5.10 Å². The summed E-state index contributed by atoms with van der Waals surface area (Å²) in [7, 11) is 5.02. The molecular weight excluding hydrogens is 322 g/mol. The van der Waals surface area contributed by atoms with Crippen LogP contribution in [0.25, 0.3) is 0 Å². The van der Waals surface area contributed by atoms with Gasteiger partial charge in [-0.15, -0.1) is 0 Å². The Morgan fingerprint density at radius 2 is 2.12 bits per heavy atom. The Morgan fingerprint density at radius 1 is 1.32 bits per heavy atom. The molecule has 3 heterocycles. The van der Waals surface area contributed by atoms with Crippen LogP contribution in [0.4, 0.5) is 10.6 Å². The second-order valence-corrected chi connectivity index (χ2v) is 6.07. The van der Waals surface area contributed by atoms with Gasteiger partial charge in [0.1, 0.15) is 0 Å². The van der Waals surface area contributed by atoms with Crippen LogP contribution >= 0.6 is 0 Å². The summed E-state index contributed by atoms with van der Waals surface area (Å²) in [5.41, 5.74) is 1.93. The van der Waals surface area contributed by atoms with E-state index in [4.69, 9.17) is 4.74 Å². The van der Waals surface area contributed by atoms with Gasteiger partial charge in [-0.1, -0.05) is 0 Å². The Hall–Kier alpha value is -2.84. The third-order valence-electron chi connectivity index (χ3n) is 4.03. The number of anilines is 1. The van der Waals surface area contributed by atoms with Crippen LogP contribution in [0.2, 0.25) is 0 Å². The van der Waals surface area contributed by atoms with Gasteiger partial charge in [-0.25, -0.2) is 14.8 Å². The number of methoxy groups -OCH3 is 1. The first-order valence-electron chi connectivity index (χ1n) is 8.19. The summed E-state index contributed by atoms with van der Waals surface area (Å²) in [5, 5.41) is 7.44. The summed E-state index contributed by atoms with van der Waals surface area (Å²) in [6, 6.07) is 1.89. The fourth-order valence-corrected chi connectivity index (χ4v) is 2.79. The van der Waals surface area contributed by atoms with E-state index in [1.54, 1.807) is 33.6 Å². The molecule has 3 rings (SSSR count). The van der Waals surface area contributed by atoms with Crippen molar-refractivity contribution in [3.05, 3.63) is 29.8 Å². The molecule has 9 nitrogen and oxygen atoms in total. The van der Waals surface area contributed by atoms with E-state index in [9.17, 15) is 4.79 Å². The quantitative estimate of drug-likeness (QED) is 0.884. The summed E-state index contributed by atoms with van der Waals surface area (Å²) >= 11 is 0. The molecule has 1 aliphatic rings. The first kappa shape index (κ1) is 17.0. The second kappa shape index (κ2) is 7.37. The number of rotatable bonds is 4. The largest absolute Gasteiger partial charge is 0.478 e. The van der Waals surface area contributed by atoms with Crippen LogP contribution in [0.1, 0.15) is 17.8 Å². The molecule has 0 saturated carbocycles. The Labute approximate surface area is 146 Å². The second-order valence-electron chi connectivity index (χ2n) is 6.07. The number of urea groups is 1. The van der Waals surface area contributed by atoms with Gasteiger partial charge in [0.2, 0.25) is 0 Å². The van der Waals surface area contributed by atoms with Gasteiger partial charge in [-0.05, 0) is 12.5 Å². The molecule has 2 aromatic rings. The fraction of sp³-hybridized carbons (Fsp3) is 0.500. The molecular formula is C16H23N7O2. The van der Waals surface area contributed by atoms with Crippen molar-refractivity contribution in [3.63, 3.8) is 0 Å². The number of hydrogen-bond acceptors (Lipinski definition) is 6. The van der Waals surface area contributed by atoms with E-state index in [0.717, 1.165) is 36.7 Å². The summed E-state index contributed by atoms with van der Waals surface area (Å²) < 4.78 is 7.33. The van der Waals surface area contributed by atoms with Crippen molar-refractivity contribution in [2.24, 2.45) is 0 Å². The molecule has 0 aromatic carbocycles. The molecule has 1 aliphatic heterocycles. The van der Waals surface area contributed by atoms with Crippen molar-refractivity contribution in [3.8, 4) is 5.88 Å². The number of aryl methyl sites for hydroxylation is 1. The lowest BCUT2D eigenvalue weighted by atomic mass is 10.3. The van der Waals surface area contributed by atoms with Crippen molar-refractivity contribution < 1.29 is 9.53 Å². The van der Waals surface area contributed by atoms with Crippen molar-refractivity contribution >= 4 is 11.8 Å². The Morgan fingerprint density at radius 3 is 2.88 bits per heavy atom. The molecule has 0 aliphatic carbocycles. The molecule has 9 heteroatoms. The Balaban J connectivity index is 1.75. The minimum atomic E-state index is -0.130. The highest BCUT2D eigenvalue weighted by atomic mass is 16.5. The van der Waals surface area contributed by atoms with Crippen molar-refractivity contribution in [2.45, 2.75) is 26.1 Å². The first-order chi connectivity index (χ1) is 12.1. The highest BCUT2D eigenvalue weighted by molar-refractivity contribution is 5.73. The van der Waals surface area contributed by atoms with Crippen molar-refractivity contribution in [2.75, 3.05) is 32.6 Å². The van der Waals surface area contributed by atoms with Crippen LogP contribution in [-0.4, -0.2) is 58.4 Å². The predicted molar refractivity (Wildman–Crippen MR) is 92.4 cm³/mol. The zero-order valence-corrected chi connectivity index (χ0v) is 14.8. The van der Waals surface area contributed by atoms with Crippen LogP contribution in [0.3, 0.4) is 0 Å². The SMILES string of the molecule is COc1nccnc1N1CCCn2nc(CNC(=O)N(C)C)cc2C1. The number of nitrogens with zero attached hydrogens (tertiary/aromatic N) is 6. The van der Waals surface area contributed by atoms with Gasteiger partial charge >= 0.3 is 6.03 Å². The van der Waals surface area contributed by atoms with Gasteiger partial charge in [0.15, 0.2) is 5.82 Å². The van der Waals surface area contributed by atoms with Gasteiger partial charge in [-0.3, -0.25) is 4.68 Å². The van der Waals surface area contributed by atoms with Crippen LogP contribution in [0.5, 0.6) is 5.88 Å². The highest BCUT2D eigenvalue weighted by Gasteiger charge is 2.21. The van der Waals surface area contributed by atoms with E-state index < -0.39 is 0 Å². The van der Waals surface area contributed by atoms with Crippen LogP contribution in [0, 0.1) is 0 Å². The molecule has 134 valence electrons. The lowest BCUT2D eigenvalue weighted by Gasteiger charge is -2.21. The van der Waals surface area contributed by atoms with Gasteiger partial charge < -0.3 is 19.9 Å². The van der Waals surface area contributed by atoms with E-state index in [-0.39, 0.29) is 6.03 Å². The van der Waals surface area contributed by atoms with Crippen molar-refractivity contribution in [1.82, 2.24) is 30.0 Å². The van der Waals surface area contributed by atoms with Gasteiger partial charge in [0, 0.05) is 39.6 Å². The minimum Gasteiger partial charge on any atom is -0.478 e. The van der Waals surface area contributed by atoms with E-state index in [2.05, 4.69) is 25.3 Å². The molecule has 2 amide bonds. The summed E-state index contributed by atoms with van der Waals surface area (Å²) in [5.74, 6) is 1.26. The summed E-state index contributed by atoms with van der Waals surface area (Å²) in [6.45, 7) is 2.76. The zero-order valence-electron chi connectivity index (χ0n) is 14.8. The fourth-order valence-electron chi connectivity index (χ4n) is 2.79. The molecule has 0 bridgehead atoms. The molecule has 25 heavy (non-hydrogen) atoms. The number of ether oxygens (including phenoxy) is 1. The maximum Gasteiger partial charge on any atom is 0.317 e. The van der Waals surface area contributed by atoms with Crippen LogP contribution in [0.15, 0.2) is 18.5 Å². The molecule has 1 N–H and O–H groups in total. The number of amides is 2. The molecule has 0 atom stereocenters. The lowest BCUT2D eigenvalue weighted by molar-refractivity contribution is 0.217. The topological polar surface area (TPSA) is 88.4 Å². The van der Waals surface area contributed by atoms with E-state index >= 15 is 0 Å². The third kappa shape index (κ3) is 3.81. The van der Waals surface area contributed by atoms with Gasteiger partial charge in [0.05, 0.1) is 31.6 Å². The lowest BCUT2D eigenvalue weighted by Crippen LogP contribution is -2.34. The third-order valence-corrected chi connectivity index (χ3v) is 4.03. The monoisotopic (exact) mass is 345 g/mol. The number of aromatic nitrogens is 4. The number of nitrogens with one attached hydrogen (secondary N) is 1. The summed E-state index contributed by atoms with van der Waals surface area (Å²) in [4.78, 5) is 24.0. The molecule has 0 spiro atoms. The smallest absolute Gasteiger partial charge is 0.317 e. The standard InChI is InChI=1S/C16H23N7O2/c1-21(2)16(24)19-10-12-9-13-11-22(7-4-8-23(13)20-12)14-15(25-3)18-6-5-17-14/h5-6,9H,4,7-8,10-11H2,1-3H3,(H,19,24). The molecule has 0 radical (unpaired) electrons. The van der Waals surface area contributed by atoms with E-state index in [1.165, 1.54) is 4.90 Å². The molecule has 2 aromatic heterocycles. The number of hydrogen-bond donors (Lipinski definition) is 1. The van der Waals surface area contributed by atoms with Crippen LogP contribution < -0.4 is 15.0 Å². The zero-order chi connectivity index (χ0) is 17.8. The van der Waals surface area contributed by atoms with E-state index in [0.29, 0.717) is 19.0 Å². The normalized spacial score (nSPS) is 13.8. The number of carbonyl (C=O) groups excluding carboxylic acids is 1.